The molecule has 27 heavy (non-hydrogen) atoms. The van der Waals surface area contributed by atoms with Gasteiger partial charge in [-0.05, 0) is 30.2 Å². The predicted octanol–water partition coefficient (Wildman–Crippen LogP) is 3.47. The minimum Gasteiger partial charge on any atom is -0.337 e. The van der Waals surface area contributed by atoms with E-state index in [9.17, 15) is 9.59 Å². The van der Waals surface area contributed by atoms with Gasteiger partial charge in [-0.3, -0.25) is 14.9 Å². The number of carbonyl (C=O) groups excluding carboxylic acids is 1. The Morgan fingerprint density at radius 2 is 2.00 bits per heavy atom. The van der Waals surface area contributed by atoms with Crippen molar-refractivity contribution in [3.05, 3.63) is 76.0 Å². The van der Waals surface area contributed by atoms with Gasteiger partial charge in [0, 0.05) is 17.1 Å². The summed E-state index contributed by atoms with van der Waals surface area (Å²) in [4.78, 5) is 25.5. The van der Waals surface area contributed by atoms with Crippen LogP contribution in [-0.4, -0.2) is 20.7 Å². The lowest BCUT2D eigenvalue weighted by Crippen LogP contribution is -2.21. The highest BCUT2D eigenvalue weighted by atomic mass is 32.1. The van der Waals surface area contributed by atoms with E-state index < -0.39 is 0 Å². The lowest BCUT2D eigenvalue weighted by Gasteiger charge is -2.14. The Balaban J connectivity index is 1.82. The van der Waals surface area contributed by atoms with Gasteiger partial charge in [-0.25, -0.2) is 0 Å². The third-order valence-electron chi connectivity index (χ3n) is 4.24. The molecule has 0 unspecified atom stereocenters. The van der Waals surface area contributed by atoms with E-state index in [0.29, 0.717) is 16.1 Å². The fourth-order valence-electron chi connectivity index (χ4n) is 3.00. The van der Waals surface area contributed by atoms with E-state index in [1.165, 1.54) is 11.3 Å². The van der Waals surface area contributed by atoms with Crippen molar-refractivity contribution in [1.82, 2.24) is 14.8 Å². The monoisotopic (exact) mass is 376 g/mol. The summed E-state index contributed by atoms with van der Waals surface area (Å²) < 4.78 is 1.81. The Hall–Kier alpha value is -3.32. The van der Waals surface area contributed by atoms with Crippen LogP contribution in [0.1, 0.15) is 5.56 Å². The first-order chi connectivity index (χ1) is 13.1. The van der Waals surface area contributed by atoms with Crippen LogP contribution < -0.4 is 10.7 Å². The van der Waals surface area contributed by atoms with Gasteiger partial charge in [0.05, 0.1) is 5.52 Å². The van der Waals surface area contributed by atoms with Crippen molar-refractivity contribution in [1.29, 1.82) is 0 Å². The lowest BCUT2D eigenvalue weighted by atomic mass is 10.0. The fourth-order valence-corrected chi connectivity index (χ4v) is 3.46. The third-order valence-corrected chi connectivity index (χ3v) is 4.85. The molecule has 7 heteroatoms. The summed E-state index contributed by atoms with van der Waals surface area (Å²) in [5.74, 6) is -0.225. The number of fused-ring (bicyclic) bond motifs is 1. The number of hydrogen-bond acceptors (Lipinski definition) is 5. The predicted molar refractivity (Wildman–Crippen MR) is 107 cm³/mol. The van der Waals surface area contributed by atoms with Crippen LogP contribution in [0.4, 0.5) is 5.13 Å². The average molecular weight is 376 g/mol. The van der Waals surface area contributed by atoms with E-state index >= 15 is 0 Å². The maximum Gasteiger partial charge on any atom is 0.246 e. The van der Waals surface area contributed by atoms with Gasteiger partial charge in [0.2, 0.25) is 11.0 Å². The Morgan fingerprint density at radius 1 is 1.19 bits per heavy atom. The molecule has 0 atom stereocenters. The SMILES string of the molecule is Cc1ccc2c(=O)c(-c3ccccc3)cn(CC(=O)Nc3nncs3)c2c1. The Morgan fingerprint density at radius 3 is 2.74 bits per heavy atom. The maximum absolute atomic E-state index is 13.0. The van der Waals surface area contributed by atoms with Gasteiger partial charge >= 0.3 is 0 Å². The second-order valence-corrected chi connectivity index (χ2v) is 7.01. The van der Waals surface area contributed by atoms with E-state index in [1.54, 1.807) is 11.7 Å². The van der Waals surface area contributed by atoms with Crippen LogP contribution in [0.2, 0.25) is 0 Å². The van der Waals surface area contributed by atoms with Crippen LogP contribution in [0.3, 0.4) is 0 Å². The third kappa shape index (κ3) is 3.50. The normalized spacial score (nSPS) is 10.9. The van der Waals surface area contributed by atoms with E-state index in [4.69, 9.17) is 0 Å². The first-order valence-electron chi connectivity index (χ1n) is 8.37. The highest BCUT2D eigenvalue weighted by Gasteiger charge is 2.13. The smallest absolute Gasteiger partial charge is 0.246 e. The van der Waals surface area contributed by atoms with Gasteiger partial charge < -0.3 is 4.57 Å². The minimum absolute atomic E-state index is 0.0445. The number of rotatable bonds is 4. The molecule has 134 valence electrons. The summed E-state index contributed by atoms with van der Waals surface area (Å²) in [7, 11) is 0. The van der Waals surface area contributed by atoms with Gasteiger partial charge in [0.1, 0.15) is 12.1 Å². The first kappa shape index (κ1) is 17.1. The number of anilines is 1. The molecule has 0 aliphatic rings. The number of aromatic nitrogens is 3. The van der Waals surface area contributed by atoms with Crippen LogP contribution in [0.25, 0.3) is 22.0 Å². The van der Waals surface area contributed by atoms with Gasteiger partial charge in [-0.2, -0.15) is 0 Å². The second-order valence-electron chi connectivity index (χ2n) is 6.18. The van der Waals surface area contributed by atoms with Crippen LogP contribution >= 0.6 is 11.3 Å². The number of hydrogen-bond donors (Lipinski definition) is 1. The van der Waals surface area contributed by atoms with Crippen molar-refractivity contribution in [3.63, 3.8) is 0 Å². The average Bonchev–Trinajstić information content (AvgIpc) is 3.17. The van der Waals surface area contributed by atoms with Crippen molar-refractivity contribution in [2.45, 2.75) is 13.5 Å². The van der Waals surface area contributed by atoms with Crippen molar-refractivity contribution >= 4 is 33.3 Å². The number of nitrogens with zero attached hydrogens (tertiary/aromatic N) is 3. The number of pyridine rings is 1. The molecule has 2 aromatic carbocycles. The quantitative estimate of drug-likeness (QED) is 0.592. The van der Waals surface area contributed by atoms with E-state index in [1.807, 2.05) is 60.0 Å². The van der Waals surface area contributed by atoms with E-state index in [0.717, 1.165) is 16.6 Å². The zero-order valence-electron chi connectivity index (χ0n) is 14.5. The molecule has 0 spiro atoms. The second kappa shape index (κ2) is 7.13. The largest absolute Gasteiger partial charge is 0.337 e. The van der Waals surface area contributed by atoms with Gasteiger partial charge in [0.15, 0.2) is 5.43 Å². The molecule has 4 aromatic rings. The molecule has 0 aliphatic heterocycles. The molecule has 0 bridgehead atoms. The summed E-state index contributed by atoms with van der Waals surface area (Å²) in [6.07, 6.45) is 1.75. The summed E-state index contributed by atoms with van der Waals surface area (Å²) in [6, 6.07) is 15.1. The molecule has 4 rings (SSSR count). The molecular formula is C20H16N4O2S. The molecule has 0 saturated heterocycles. The highest BCUT2D eigenvalue weighted by molar-refractivity contribution is 7.13. The molecule has 2 heterocycles. The topological polar surface area (TPSA) is 76.9 Å². The molecule has 0 aliphatic carbocycles. The summed E-state index contributed by atoms with van der Waals surface area (Å²) in [5, 5.41) is 11.3. The van der Waals surface area contributed by atoms with Crippen LogP contribution in [0, 0.1) is 6.92 Å². The van der Waals surface area contributed by atoms with Crippen LogP contribution in [0.15, 0.2) is 65.0 Å². The van der Waals surface area contributed by atoms with Crippen molar-refractivity contribution < 1.29 is 4.79 Å². The molecule has 0 radical (unpaired) electrons. The van der Waals surface area contributed by atoms with Gasteiger partial charge in [-0.1, -0.05) is 47.7 Å². The van der Waals surface area contributed by atoms with Crippen molar-refractivity contribution in [3.8, 4) is 11.1 Å². The molecule has 2 aromatic heterocycles. The Bertz CT molecular complexity index is 1170. The standard InChI is InChI=1S/C20H16N4O2S/c1-13-7-8-15-17(9-13)24(11-18(25)22-20-23-21-12-27-20)10-16(19(15)26)14-5-3-2-4-6-14/h2-10,12H,11H2,1H3,(H,22,23,25). The highest BCUT2D eigenvalue weighted by Crippen LogP contribution is 2.21. The number of amides is 1. The number of carbonyl (C=O) groups is 1. The summed E-state index contributed by atoms with van der Waals surface area (Å²) >= 11 is 1.26. The molecular weight excluding hydrogens is 360 g/mol. The van der Waals surface area contributed by atoms with Crippen LogP contribution in [0.5, 0.6) is 0 Å². The van der Waals surface area contributed by atoms with Gasteiger partial charge in [-0.15, -0.1) is 10.2 Å². The first-order valence-corrected chi connectivity index (χ1v) is 9.25. The minimum atomic E-state index is -0.225. The number of aryl methyl sites for hydroxylation is 1. The number of benzene rings is 2. The fraction of sp³-hybridized carbons (Fsp3) is 0.100. The van der Waals surface area contributed by atoms with Gasteiger partial charge in [0.25, 0.3) is 0 Å². The van der Waals surface area contributed by atoms with Crippen molar-refractivity contribution in [2.75, 3.05) is 5.32 Å². The Labute approximate surface area is 159 Å². The maximum atomic E-state index is 13.0. The zero-order valence-corrected chi connectivity index (χ0v) is 15.4. The summed E-state index contributed by atoms with van der Waals surface area (Å²) in [6.45, 7) is 2.03. The zero-order chi connectivity index (χ0) is 18.8. The molecule has 1 amide bonds. The molecule has 0 fully saturated rings. The number of nitrogens with one attached hydrogen (secondary N) is 1. The Kier molecular flexibility index (Phi) is 4.52. The van der Waals surface area contributed by atoms with Crippen LogP contribution in [-0.2, 0) is 11.3 Å². The molecule has 6 nitrogen and oxygen atoms in total. The van der Waals surface area contributed by atoms with E-state index in [-0.39, 0.29) is 17.9 Å². The van der Waals surface area contributed by atoms with E-state index in [2.05, 4.69) is 15.5 Å². The lowest BCUT2D eigenvalue weighted by molar-refractivity contribution is -0.116. The molecule has 1 N–H and O–H groups in total. The molecule has 0 saturated carbocycles. The van der Waals surface area contributed by atoms with Crippen molar-refractivity contribution in [2.24, 2.45) is 0 Å². The summed E-state index contributed by atoms with van der Waals surface area (Å²) in [5.41, 5.74) is 4.65.